The maximum absolute atomic E-state index is 12.4. The number of nitrogens with zero attached hydrogens (tertiary/aromatic N) is 2. The average molecular weight is 455 g/mol. The van der Waals surface area contributed by atoms with Crippen molar-refractivity contribution in [1.29, 1.82) is 0 Å². The Morgan fingerprint density at radius 3 is 2.32 bits per heavy atom. The molecule has 31 heavy (non-hydrogen) atoms. The van der Waals surface area contributed by atoms with E-state index in [2.05, 4.69) is 11.9 Å². The molecule has 7 heteroatoms. The van der Waals surface area contributed by atoms with Crippen LogP contribution in [0.3, 0.4) is 0 Å². The molecule has 0 atom stereocenters. The third-order valence-electron chi connectivity index (χ3n) is 5.96. The third kappa shape index (κ3) is 10.2. The van der Waals surface area contributed by atoms with Gasteiger partial charge in [0.15, 0.2) is 0 Å². The second kappa shape index (κ2) is 14.7. The van der Waals surface area contributed by atoms with Crippen LogP contribution in [-0.2, 0) is 9.47 Å². The molecule has 176 valence electrons. The Morgan fingerprint density at radius 2 is 1.65 bits per heavy atom. The van der Waals surface area contributed by atoms with Crippen molar-refractivity contribution in [1.82, 2.24) is 9.80 Å². The fourth-order valence-electron chi connectivity index (χ4n) is 3.87. The zero-order valence-electron chi connectivity index (χ0n) is 19.4. The number of rotatable bonds is 13. The molecule has 0 saturated heterocycles. The Kier molecular flexibility index (Phi) is 12.3. The Labute approximate surface area is 192 Å². The molecule has 1 amide bonds. The van der Waals surface area contributed by atoms with Crippen molar-refractivity contribution in [3.8, 4) is 5.75 Å². The molecule has 0 N–H and O–H groups in total. The van der Waals surface area contributed by atoms with Crippen LogP contribution in [0.2, 0.25) is 5.02 Å². The topological polar surface area (TPSA) is 51.2 Å². The van der Waals surface area contributed by atoms with Crippen LogP contribution in [0.25, 0.3) is 0 Å². The molecule has 1 aliphatic rings. The zero-order chi connectivity index (χ0) is 22.5. The van der Waals surface area contributed by atoms with Crippen LogP contribution >= 0.6 is 11.6 Å². The molecular weight excluding hydrogens is 416 g/mol. The van der Waals surface area contributed by atoms with Gasteiger partial charge in [0.25, 0.3) is 0 Å². The maximum atomic E-state index is 12.4. The molecule has 1 fully saturated rings. The number of ether oxygens (including phenoxy) is 3. The Bertz CT molecular complexity index is 621. The number of likely N-dealkylation sites (N-methyl/N-ethyl adjacent to an activating group) is 1. The lowest BCUT2D eigenvalue weighted by Crippen LogP contribution is -2.42. The van der Waals surface area contributed by atoms with Crippen LogP contribution in [-0.4, -0.2) is 75.5 Å². The molecule has 1 saturated carbocycles. The summed E-state index contributed by atoms with van der Waals surface area (Å²) in [5.41, 5.74) is 0. The van der Waals surface area contributed by atoms with E-state index in [0.717, 1.165) is 58.4 Å². The van der Waals surface area contributed by atoms with E-state index in [9.17, 15) is 4.79 Å². The van der Waals surface area contributed by atoms with Crippen molar-refractivity contribution < 1.29 is 19.0 Å². The summed E-state index contributed by atoms with van der Waals surface area (Å²) in [7, 11) is 5.71. The van der Waals surface area contributed by atoms with Gasteiger partial charge in [0.2, 0.25) is 0 Å². The van der Waals surface area contributed by atoms with Crippen LogP contribution in [0.1, 0.15) is 51.4 Å². The van der Waals surface area contributed by atoms with Gasteiger partial charge in [-0.15, -0.1) is 0 Å². The quantitative estimate of drug-likeness (QED) is 0.381. The minimum Gasteiger partial charge on any atom is -0.410 e. The maximum Gasteiger partial charge on any atom is 0.415 e. The summed E-state index contributed by atoms with van der Waals surface area (Å²) < 4.78 is 16.6. The van der Waals surface area contributed by atoms with E-state index in [-0.39, 0.29) is 12.1 Å². The van der Waals surface area contributed by atoms with Gasteiger partial charge in [0.05, 0.1) is 12.7 Å². The number of unbranched alkanes of at least 4 members (excludes halogenated alkanes) is 3. The van der Waals surface area contributed by atoms with E-state index in [1.165, 1.54) is 19.3 Å². The van der Waals surface area contributed by atoms with Crippen LogP contribution in [0.5, 0.6) is 5.75 Å². The van der Waals surface area contributed by atoms with Gasteiger partial charge in [-0.2, -0.15) is 0 Å². The summed E-state index contributed by atoms with van der Waals surface area (Å²) in [5.74, 6) is 0.514. The van der Waals surface area contributed by atoms with Gasteiger partial charge < -0.3 is 24.0 Å². The molecule has 1 aromatic rings. The van der Waals surface area contributed by atoms with Crippen molar-refractivity contribution in [2.24, 2.45) is 0 Å². The van der Waals surface area contributed by atoms with Crippen molar-refractivity contribution in [3.05, 3.63) is 29.3 Å². The van der Waals surface area contributed by atoms with Crippen molar-refractivity contribution >= 4 is 17.7 Å². The first-order valence-electron chi connectivity index (χ1n) is 11.5. The summed E-state index contributed by atoms with van der Waals surface area (Å²) in [6.45, 7) is 3.76. The number of halogens is 1. The second-order valence-electron chi connectivity index (χ2n) is 8.44. The van der Waals surface area contributed by atoms with Crippen molar-refractivity contribution in [3.63, 3.8) is 0 Å². The highest BCUT2D eigenvalue weighted by Gasteiger charge is 2.27. The van der Waals surface area contributed by atoms with E-state index in [1.807, 2.05) is 7.05 Å². The normalized spacial score (nSPS) is 18.9. The highest BCUT2D eigenvalue weighted by atomic mass is 35.5. The van der Waals surface area contributed by atoms with Crippen LogP contribution in [0.15, 0.2) is 24.3 Å². The summed E-state index contributed by atoms with van der Waals surface area (Å²) in [4.78, 5) is 16.4. The van der Waals surface area contributed by atoms with Gasteiger partial charge in [-0.1, -0.05) is 24.4 Å². The largest absolute Gasteiger partial charge is 0.415 e. The molecule has 0 aliphatic heterocycles. The number of benzene rings is 1. The van der Waals surface area contributed by atoms with Crippen molar-refractivity contribution in [2.75, 3.05) is 47.5 Å². The van der Waals surface area contributed by atoms with E-state index >= 15 is 0 Å². The van der Waals surface area contributed by atoms with Crippen LogP contribution < -0.4 is 4.74 Å². The molecule has 1 aliphatic carbocycles. The SMILES string of the molecule is COCCN(C)CCCCCCOC1CCC(N(C)C(=O)Oc2ccc(Cl)cc2)CC1. The number of hydrogen-bond acceptors (Lipinski definition) is 5. The first-order valence-corrected chi connectivity index (χ1v) is 11.9. The van der Waals surface area contributed by atoms with Crippen molar-refractivity contribution in [2.45, 2.75) is 63.5 Å². The number of methoxy groups -OCH3 is 1. The van der Waals surface area contributed by atoms with Gasteiger partial charge in [-0.3, -0.25) is 0 Å². The molecule has 0 unspecified atom stereocenters. The van der Waals surface area contributed by atoms with E-state index in [1.54, 1.807) is 36.3 Å². The van der Waals surface area contributed by atoms with Crippen LogP contribution in [0.4, 0.5) is 4.79 Å². The standard InChI is InChI=1S/C24H39ClN2O4/c1-26(17-19-29-3)16-6-4-5-7-18-30-22-14-10-21(11-15-22)27(2)24(28)31-23-12-8-20(25)9-13-23/h8-9,12-13,21-22H,4-7,10-11,14-19H2,1-3H3. The summed E-state index contributed by atoms with van der Waals surface area (Å²) >= 11 is 5.87. The van der Waals surface area contributed by atoms with Gasteiger partial charge in [0.1, 0.15) is 5.75 Å². The molecule has 0 bridgehead atoms. The minimum absolute atomic E-state index is 0.203. The Balaban J connectivity index is 1.53. The number of hydrogen-bond donors (Lipinski definition) is 0. The first kappa shape index (κ1) is 25.9. The van der Waals surface area contributed by atoms with Crippen LogP contribution in [0, 0.1) is 0 Å². The Morgan fingerprint density at radius 1 is 0.968 bits per heavy atom. The first-order chi connectivity index (χ1) is 15.0. The lowest BCUT2D eigenvalue weighted by Gasteiger charge is -2.34. The lowest BCUT2D eigenvalue weighted by atomic mass is 9.92. The average Bonchev–Trinajstić information content (AvgIpc) is 2.78. The van der Waals surface area contributed by atoms with Gasteiger partial charge in [-0.25, -0.2) is 4.79 Å². The van der Waals surface area contributed by atoms with E-state index < -0.39 is 0 Å². The number of amides is 1. The zero-order valence-corrected chi connectivity index (χ0v) is 20.1. The van der Waals surface area contributed by atoms with Gasteiger partial charge in [-0.05, 0) is 76.4 Å². The molecule has 0 aromatic heterocycles. The number of carbonyl (C=O) groups is 1. The highest BCUT2D eigenvalue weighted by Crippen LogP contribution is 2.26. The fourth-order valence-corrected chi connectivity index (χ4v) is 4.00. The van der Waals surface area contributed by atoms with Gasteiger partial charge in [0, 0.05) is 38.4 Å². The summed E-state index contributed by atoms with van der Waals surface area (Å²) in [5, 5.41) is 0.622. The molecule has 6 nitrogen and oxygen atoms in total. The molecule has 0 spiro atoms. The van der Waals surface area contributed by atoms with E-state index in [0.29, 0.717) is 16.9 Å². The smallest absolute Gasteiger partial charge is 0.410 e. The molecule has 0 heterocycles. The third-order valence-corrected chi connectivity index (χ3v) is 6.22. The van der Waals surface area contributed by atoms with E-state index in [4.69, 9.17) is 25.8 Å². The minimum atomic E-state index is -0.320. The predicted octanol–water partition coefficient (Wildman–Crippen LogP) is 5.24. The monoisotopic (exact) mass is 454 g/mol. The molecule has 1 aromatic carbocycles. The number of carbonyl (C=O) groups excluding carboxylic acids is 1. The Hall–Kier alpha value is -1.34. The second-order valence-corrected chi connectivity index (χ2v) is 8.88. The van der Waals surface area contributed by atoms with Gasteiger partial charge >= 0.3 is 6.09 Å². The molecule has 2 rings (SSSR count). The molecule has 0 radical (unpaired) electrons. The highest BCUT2D eigenvalue weighted by molar-refractivity contribution is 6.30. The lowest BCUT2D eigenvalue weighted by molar-refractivity contribution is 0.0104. The fraction of sp³-hybridized carbons (Fsp3) is 0.708. The summed E-state index contributed by atoms with van der Waals surface area (Å²) in [6.07, 6.45) is 8.69. The molecular formula is C24H39ClN2O4. The predicted molar refractivity (Wildman–Crippen MR) is 125 cm³/mol. The summed E-state index contributed by atoms with van der Waals surface area (Å²) in [6, 6.07) is 7.05.